The Labute approximate surface area is 139 Å². The van der Waals surface area contributed by atoms with Crippen molar-refractivity contribution in [1.82, 2.24) is 19.9 Å². The van der Waals surface area contributed by atoms with Crippen LogP contribution in [0.2, 0.25) is 0 Å². The van der Waals surface area contributed by atoms with Crippen molar-refractivity contribution in [2.24, 2.45) is 0 Å². The van der Waals surface area contributed by atoms with Gasteiger partial charge in [-0.15, -0.1) is 0 Å². The molecule has 24 heavy (non-hydrogen) atoms. The van der Waals surface area contributed by atoms with E-state index in [2.05, 4.69) is 21.0 Å². The first-order valence-corrected chi connectivity index (χ1v) is 7.64. The predicted molar refractivity (Wildman–Crippen MR) is 93.9 cm³/mol. The zero-order chi connectivity index (χ0) is 16.2. The molecule has 114 valence electrons. The van der Waals surface area contributed by atoms with Crippen LogP contribution in [0, 0.1) is 0 Å². The number of hydrogen-bond donors (Lipinski definition) is 0. The van der Waals surface area contributed by atoms with Gasteiger partial charge < -0.3 is 0 Å². The van der Waals surface area contributed by atoms with Crippen LogP contribution < -0.4 is 0 Å². The molecule has 0 aromatic carbocycles. The Kier molecular flexibility index (Phi) is 3.78. The first-order chi connectivity index (χ1) is 11.9. The van der Waals surface area contributed by atoms with Gasteiger partial charge in [0.25, 0.3) is 0 Å². The van der Waals surface area contributed by atoms with Crippen molar-refractivity contribution in [1.29, 1.82) is 0 Å². The molecule has 4 nitrogen and oxygen atoms in total. The van der Waals surface area contributed by atoms with Crippen LogP contribution in [-0.2, 0) is 0 Å². The van der Waals surface area contributed by atoms with Gasteiger partial charge in [0.2, 0.25) is 0 Å². The molecule has 0 amide bonds. The molecule has 4 heteroatoms. The van der Waals surface area contributed by atoms with Crippen molar-refractivity contribution in [3.05, 3.63) is 85.7 Å². The van der Waals surface area contributed by atoms with Crippen molar-refractivity contribution in [3.63, 3.8) is 0 Å². The summed E-state index contributed by atoms with van der Waals surface area (Å²) in [6, 6.07) is 15.9. The Balaban J connectivity index is 1.92. The van der Waals surface area contributed by atoms with Gasteiger partial charge in [0.15, 0.2) is 0 Å². The zero-order valence-corrected chi connectivity index (χ0v) is 12.9. The van der Waals surface area contributed by atoms with Gasteiger partial charge in [-0.05, 0) is 53.6 Å². The lowest BCUT2D eigenvalue weighted by molar-refractivity contribution is 1.24. The van der Waals surface area contributed by atoms with E-state index in [-0.39, 0.29) is 0 Å². The van der Waals surface area contributed by atoms with Gasteiger partial charge in [-0.1, -0.05) is 6.07 Å². The third-order valence-corrected chi connectivity index (χ3v) is 3.80. The van der Waals surface area contributed by atoms with E-state index in [0.29, 0.717) is 0 Å². The lowest BCUT2D eigenvalue weighted by Crippen LogP contribution is -1.93. The minimum atomic E-state index is 0.852. The topological polar surface area (TPSA) is 51.6 Å². The van der Waals surface area contributed by atoms with Gasteiger partial charge in [-0.2, -0.15) is 0 Å². The van der Waals surface area contributed by atoms with Crippen LogP contribution in [0.4, 0.5) is 0 Å². The quantitative estimate of drug-likeness (QED) is 0.567. The van der Waals surface area contributed by atoms with Crippen LogP contribution in [0.3, 0.4) is 0 Å². The van der Waals surface area contributed by atoms with Crippen molar-refractivity contribution in [3.8, 4) is 33.6 Å². The Morgan fingerprint density at radius 1 is 0.583 bits per heavy atom. The second-order valence-electron chi connectivity index (χ2n) is 5.31. The highest BCUT2D eigenvalue weighted by Crippen LogP contribution is 2.32. The maximum atomic E-state index is 4.70. The summed E-state index contributed by atoms with van der Waals surface area (Å²) in [4.78, 5) is 17.3. The molecule has 4 rings (SSSR count). The van der Waals surface area contributed by atoms with Gasteiger partial charge in [-0.25, -0.2) is 0 Å². The minimum absolute atomic E-state index is 0.852. The van der Waals surface area contributed by atoms with Crippen molar-refractivity contribution in [2.75, 3.05) is 0 Å². The molecule has 0 radical (unpaired) electrons. The molecule has 0 saturated heterocycles. The number of hydrogen-bond acceptors (Lipinski definition) is 4. The smallest absolute Gasteiger partial charge is 0.0964 e. The highest BCUT2D eigenvalue weighted by molar-refractivity contribution is 5.82. The molecule has 0 unspecified atom stereocenters. The number of nitrogens with zero attached hydrogens (tertiary/aromatic N) is 4. The number of aromatic nitrogens is 4. The standard InChI is InChI=1S/C20H14N4/c1-2-8-23-19(3-1)20-18(16-6-11-22-12-7-16)13-17(14-24-20)15-4-9-21-10-5-15/h1-14H. The molecule has 4 aromatic heterocycles. The fraction of sp³-hybridized carbons (Fsp3) is 0. The monoisotopic (exact) mass is 310 g/mol. The molecule has 0 atom stereocenters. The van der Waals surface area contributed by atoms with E-state index in [0.717, 1.165) is 33.6 Å². The molecule has 0 aliphatic rings. The molecule has 0 aliphatic heterocycles. The zero-order valence-electron chi connectivity index (χ0n) is 12.9. The minimum Gasteiger partial charge on any atom is -0.265 e. The third-order valence-electron chi connectivity index (χ3n) is 3.80. The largest absolute Gasteiger partial charge is 0.265 e. The van der Waals surface area contributed by atoms with Crippen LogP contribution in [0.25, 0.3) is 33.6 Å². The van der Waals surface area contributed by atoms with Crippen LogP contribution >= 0.6 is 0 Å². The van der Waals surface area contributed by atoms with Crippen molar-refractivity contribution >= 4 is 0 Å². The first kappa shape index (κ1) is 14.2. The van der Waals surface area contributed by atoms with E-state index in [4.69, 9.17) is 4.98 Å². The lowest BCUT2D eigenvalue weighted by atomic mass is 9.99. The molecule has 0 bridgehead atoms. The van der Waals surface area contributed by atoms with E-state index in [1.807, 2.05) is 48.7 Å². The second kappa shape index (κ2) is 6.38. The van der Waals surface area contributed by atoms with E-state index in [1.54, 1.807) is 31.0 Å². The Hall–Kier alpha value is -3.40. The summed E-state index contributed by atoms with van der Waals surface area (Å²) >= 11 is 0. The summed E-state index contributed by atoms with van der Waals surface area (Å²) in [5.74, 6) is 0. The summed E-state index contributed by atoms with van der Waals surface area (Å²) in [5, 5.41) is 0. The maximum absolute atomic E-state index is 4.70. The van der Waals surface area contributed by atoms with Gasteiger partial charge in [0.1, 0.15) is 0 Å². The first-order valence-electron chi connectivity index (χ1n) is 7.64. The normalized spacial score (nSPS) is 10.5. The predicted octanol–water partition coefficient (Wildman–Crippen LogP) is 4.27. The second-order valence-corrected chi connectivity index (χ2v) is 5.31. The molecule has 0 saturated carbocycles. The SMILES string of the molecule is c1ccc(-c2ncc(-c3ccncc3)cc2-c2ccncc2)nc1. The van der Waals surface area contributed by atoms with Crippen LogP contribution in [0.15, 0.2) is 85.7 Å². The molecule has 4 aromatic rings. The molecule has 0 N–H and O–H groups in total. The highest BCUT2D eigenvalue weighted by Gasteiger charge is 2.12. The van der Waals surface area contributed by atoms with Crippen molar-refractivity contribution in [2.45, 2.75) is 0 Å². The van der Waals surface area contributed by atoms with Gasteiger partial charge in [0, 0.05) is 48.3 Å². The molecule has 0 spiro atoms. The Bertz CT molecular complexity index is 939. The van der Waals surface area contributed by atoms with Crippen LogP contribution in [0.1, 0.15) is 0 Å². The summed E-state index contributed by atoms with van der Waals surface area (Å²) in [6.45, 7) is 0. The average molecular weight is 310 g/mol. The van der Waals surface area contributed by atoms with Gasteiger partial charge in [-0.3, -0.25) is 19.9 Å². The highest BCUT2D eigenvalue weighted by atomic mass is 14.8. The summed E-state index contributed by atoms with van der Waals surface area (Å²) in [6.07, 6.45) is 10.8. The van der Waals surface area contributed by atoms with E-state index < -0.39 is 0 Å². The molecule has 0 fully saturated rings. The third kappa shape index (κ3) is 2.77. The van der Waals surface area contributed by atoms with Crippen LogP contribution in [0.5, 0.6) is 0 Å². The Morgan fingerprint density at radius 2 is 1.29 bits per heavy atom. The van der Waals surface area contributed by atoms with Crippen molar-refractivity contribution < 1.29 is 0 Å². The average Bonchev–Trinajstić information content (AvgIpc) is 2.69. The number of rotatable bonds is 3. The molecular formula is C20H14N4. The Morgan fingerprint density at radius 3 is 1.96 bits per heavy atom. The number of pyridine rings is 4. The summed E-state index contributed by atoms with van der Waals surface area (Å²) in [5.41, 5.74) is 5.94. The molecule has 0 aliphatic carbocycles. The van der Waals surface area contributed by atoms with E-state index in [9.17, 15) is 0 Å². The van der Waals surface area contributed by atoms with Crippen LogP contribution in [-0.4, -0.2) is 19.9 Å². The summed E-state index contributed by atoms with van der Waals surface area (Å²) in [7, 11) is 0. The lowest BCUT2D eigenvalue weighted by Gasteiger charge is -2.11. The fourth-order valence-corrected chi connectivity index (χ4v) is 2.63. The molecule has 4 heterocycles. The maximum Gasteiger partial charge on any atom is 0.0964 e. The molecular weight excluding hydrogens is 296 g/mol. The van der Waals surface area contributed by atoms with E-state index >= 15 is 0 Å². The van der Waals surface area contributed by atoms with Gasteiger partial charge >= 0.3 is 0 Å². The van der Waals surface area contributed by atoms with Gasteiger partial charge in [0.05, 0.1) is 11.4 Å². The summed E-state index contributed by atoms with van der Waals surface area (Å²) < 4.78 is 0. The van der Waals surface area contributed by atoms with E-state index in [1.165, 1.54) is 0 Å². The fourth-order valence-electron chi connectivity index (χ4n) is 2.63.